The van der Waals surface area contributed by atoms with Crippen LogP contribution in [0.25, 0.3) is 0 Å². The van der Waals surface area contributed by atoms with E-state index in [1.807, 2.05) is 25.1 Å². The van der Waals surface area contributed by atoms with Gasteiger partial charge in [0.1, 0.15) is 5.82 Å². The topological polar surface area (TPSA) is 32.3 Å². The molecule has 0 saturated heterocycles. The van der Waals surface area contributed by atoms with E-state index in [0.29, 0.717) is 5.56 Å². The normalized spacial score (nSPS) is 11.8. The maximum Gasteiger partial charge on any atom is 0.253 e. The average Bonchev–Trinajstić information content (AvgIpc) is 2.46. The van der Waals surface area contributed by atoms with E-state index in [1.165, 1.54) is 17.0 Å². The van der Waals surface area contributed by atoms with Crippen LogP contribution in [0.15, 0.2) is 48.5 Å². The Labute approximate surface area is 124 Å². The minimum absolute atomic E-state index is 0.0444. The van der Waals surface area contributed by atoms with Gasteiger partial charge in [0, 0.05) is 31.4 Å². The van der Waals surface area contributed by atoms with Crippen molar-refractivity contribution < 1.29 is 9.18 Å². The number of benzene rings is 2. The number of carbonyl (C=O) groups is 1. The Balaban J connectivity index is 2.16. The van der Waals surface area contributed by atoms with E-state index in [-0.39, 0.29) is 17.8 Å². The monoisotopic (exact) mass is 286 g/mol. The molecule has 0 saturated carbocycles. The number of hydrogen-bond acceptors (Lipinski definition) is 2. The van der Waals surface area contributed by atoms with Gasteiger partial charge in [0.05, 0.1) is 0 Å². The summed E-state index contributed by atoms with van der Waals surface area (Å²) in [4.78, 5) is 13.5. The Hall–Kier alpha value is -2.36. The van der Waals surface area contributed by atoms with E-state index >= 15 is 0 Å². The lowest BCUT2D eigenvalue weighted by Crippen LogP contribution is -2.21. The first-order valence-corrected chi connectivity index (χ1v) is 6.81. The Bertz CT molecular complexity index is 640. The van der Waals surface area contributed by atoms with E-state index in [4.69, 9.17) is 0 Å². The maximum atomic E-state index is 13.2. The predicted molar refractivity (Wildman–Crippen MR) is 82.9 cm³/mol. The fourth-order valence-electron chi connectivity index (χ4n) is 2.11. The Morgan fingerprint density at radius 3 is 2.52 bits per heavy atom. The molecule has 1 unspecified atom stereocenters. The van der Waals surface area contributed by atoms with Crippen LogP contribution < -0.4 is 5.32 Å². The standard InChI is InChI=1S/C17H19FN2O/c1-12(13-6-4-8-15(18)10-13)19-16-9-5-7-14(11-16)17(21)20(2)3/h4-12,19H,1-3H3. The predicted octanol–water partition coefficient (Wildman–Crippen LogP) is 3.70. The molecule has 21 heavy (non-hydrogen) atoms. The second-order valence-corrected chi connectivity index (χ2v) is 5.20. The van der Waals surface area contributed by atoms with Crippen molar-refractivity contribution in [3.05, 3.63) is 65.5 Å². The van der Waals surface area contributed by atoms with Crippen LogP contribution in [0.3, 0.4) is 0 Å². The molecule has 2 aromatic carbocycles. The zero-order valence-electron chi connectivity index (χ0n) is 12.4. The number of amides is 1. The van der Waals surface area contributed by atoms with Crippen LogP contribution in [0.1, 0.15) is 28.9 Å². The number of rotatable bonds is 4. The highest BCUT2D eigenvalue weighted by molar-refractivity contribution is 5.94. The fraction of sp³-hybridized carbons (Fsp3) is 0.235. The molecule has 0 aliphatic rings. The van der Waals surface area contributed by atoms with Gasteiger partial charge < -0.3 is 10.2 Å². The van der Waals surface area contributed by atoms with Crippen LogP contribution in [-0.4, -0.2) is 24.9 Å². The van der Waals surface area contributed by atoms with Gasteiger partial charge in [-0.15, -0.1) is 0 Å². The summed E-state index contributed by atoms with van der Waals surface area (Å²) in [5, 5.41) is 3.28. The molecule has 0 spiro atoms. The molecule has 0 radical (unpaired) electrons. The SMILES string of the molecule is CC(Nc1cccc(C(=O)N(C)C)c1)c1cccc(F)c1. The minimum Gasteiger partial charge on any atom is -0.378 e. The highest BCUT2D eigenvalue weighted by Gasteiger charge is 2.10. The van der Waals surface area contributed by atoms with E-state index in [9.17, 15) is 9.18 Å². The summed E-state index contributed by atoms with van der Waals surface area (Å²) < 4.78 is 13.2. The summed E-state index contributed by atoms with van der Waals surface area (Å²) in [5.41, 5.74) is 2.32. The molecule has 0 heterocycles. The third-order valence-corrected chi connectivity index (χ3v) is 3.25. The first kappa shape index (κ1) is 15.0. The van der Waals surface area contributed by atoms with Gasteiger partial charge in [-0.05, 0) is 42.8 Å². The van der Waals surface area contributed by atoms with Crippen molar-refractivity contribution in [3.63, 3.8) is 0 Å². The Morgan fingerprint density at radius 2 is 1.86 bits per heavy atom. The van der Waals surface area contributed by atoms with Crippen LogP contribution in [0, 0.1) is 5.82 Å². The van der Waals surface area contributed by atoms with E-state index in [1.54, 1.807) is 32.3 Å². The number of anilines is 1. The second kappa shape index (κ2) is 6.39. The number of carbonyl (C=O) groups excluding carboxylic acids is 1. The van der Waals surface area contributed by atoms with Gasteiger partial charge in [-0.2, -0.15) is 0 Å². The molecule has 0 bridgehead atoms. The highest BCUT2D eigenvalue weighted by Crippen LogP contribution is 2.21. The van der Waals surface area contributed by atoms with Gasteiger partial charge in [-0.3, -0.25) is 4.79 Å². The van der Waals surface area contributed by atoms with Crippen LogP contribution in [0.5, 0.6) is 0 Å². The number of halogens is 1. The lowest BCUT2D eigenvalue weighted by atomic mass is 10.1. The molecule has 1 amide bonds. The maximum absolute atomic E-state index is 13.2. The summed E-state index contributed by atoms with van der Waals surface area (Å²) in [6.07, 6.45) is 0. The van der Waals surface area contributed by atoms with Gasteiger partial charge in [0.2, 0.25) is 0 Å². The zero-order valence-corrected chi connectivity index (χ0v) is 12.4. The summed E-state index contributed by atoms with van der Waals surface area (Å²) >= 11 is 0. The van der Waals surface area contributed by atoms with Crippen LogP contribution in [-0.2, 0) is 0 Å². The van der Waals surface area contributed by atoms with Gasteiger partial charge in [-0.1, -0.05) is 18.2 Å². The van der Waals surface area contributed by atoms with E-state index < -0.39 is 0 Å². The fourth-order valence-corrected chi connectivity index (χ4v) is 2.11. The minimum atomic E-state index is -0.252. The molecular weight excluding hydrogens is 267 g/mol. The Kier molecular flexibility index (Phi) is 4.58. The second-order valence-electron chi connectivity index (χ2n) is 5.20. The Morgan fingerprint density at radius 1 is 1.14 bits per heavy atom. The van der Waals surface area contributed by atoms with Crippen LogP contribution >= 0.6 is 0 Å². The number of hydrogen-bond donors (Lipinski definition) is 1. The molecule has 1 N–H and O–H groups in total. The van der Waals surface area contributed by atoms with Crippen molar-refractivity contribution in [2.45, 2.75) is 13.0 Å². The molecule has 4 heteroatoms. The van der Waals surface area contributed by atoms with Crippen LogP contribution in [0.2, 0.25) is 0 Å². The number of nitrogens with one attached hydrogen (secondary N) is 1. The largest absolute Gasteiger partial charge is 0.378 e. The first-order chi connectivity index (χ1) is 9.97. The summed E-state index contributed by atoms with van der Waals surface area (Å²) in [6.45, 7) is 1.95. The zero-order chi connectivity index (χ0) is 15.4. The van der Waals surface area contributed by atoms with E-state index in [0.717, 1.165) is 11.3 Å². The van der Waals surface area contributed by atoms with Crippen molar-refractivity contribution in [1.82, 2.24) is 4.90 Å². The van der Waals surface area contributed by atoms with Gasteiger partial charge in [0.15, 0.2) is 0 Å². The molecule has 1 atom stereocenters. The summed E-state index contributed by atoms with van der Waals surface area (Å²) in [5.74, 6) is -0.297. The van der Waals surface area contributed by atoms with Crippen molar-refractivity contribution >= 4 is 11.6 Å². The van der Waals surface area contributed by atoms with Crippen molar-refractivity contribution in [2.75, 3.05) is 19.4 Å². The molecular formula is C17H19FN2O. The summed E-state index contributed by atoms with van der Waals surface area (Å²) in [7, 11) is 3.44. The molecule has 0 aliphatic heterocycles. The summed E-state index contributed by atoms with van der Waals surface area (Å²) in [6, 6.07) is 13.7. The molecule has 0 aromatic heterocycles. The highest BCUT2D eigenvalue weighted by atomic mass is 19.1. The van der Waals surface area contributed by atoms with Crippen LogP contribution in [0.4, 0.5) is 10.1 Å². The lowest BCUT2D eigenvalue weighted by Gasteiger charge is -2.17. The van der Waals surface area contributed by atoms with Crippen molar-refractivity contribution in [1.29, 1.82) is 0 Å². The van der Waals surface area contributed by atoms with E-state index in [2.05, 4.69) is 5.32 Å². The van der Waals surface area contributed by atoms with Gasteiger partial charge in [-0.25, -0.2) is 4.39 Å². The molecule has 3 nitrogen and oxygen atoms in total. The number of nitrogens with zero attached hydrogens (tertiary/aromatic N) is 1. The average molecular weight is 286 g/mol. The smallest absolute Gasteiger partial charge is 0.253 e. The molecule has 110 valence electrons. The lowest BCUT2D eigenvalue weighted by molar-refractivity contribution is 0.0827. The quantitative estimate of drug-likeness (QED) is 0.929. The van der Waals surface area contributed by atoms with Crippen molar-refractivity contribution in [2.24, 2.45) is 0 Å². The first-order valence-electron chi connectivity index (χ1n) is 6.81. The molecule has 2 rings (SSSR count). The third-order valence-electron chi connectivity index (χ3n) is 3.25. The molecule has 0 aliphatic carbocycles. The third kappa shape index (κ3) is 3.81. The molecule has 2 aromatic rings. The van der Waals surface area contributed by atoms with Crippen molar-refractivity contribution in [3.8, 4) is 0 Å². The van der Waals surface area contributed by atoms with Gasteiger partial charge in [0.25, 0.3) is 5.91 Å². The van der Waals surface area contributed by atoms with Gasteiger partial charge >= 0.3 is 0 Å². The molecule has 0 fully saturated rings.